The third kappa shape index (κ3) is 7.40. The fourth-order valence-electron chi connectivity index (χ4n) is 3.48. The lowest BCUT2D eigenvalue weighted by Gasteiger charge is -2.25. The molecular weight excluding hydrogens is 524 g/mol. The quantitative estimate of drug-likeness (QED) is 0.238. The van der Waals surface area contributed by atoms with Gasteiger partial charge in [0, 0.05) is 24.0 Å². The van der Waals surface area contributed by atoms with E-state index in [1.807, 2.05) is 60.7 Å². The Labute approximate surface area is 209 Å². The summed E-state index contributed by atoms with van der Waals surface area (Å²) in [5.74, 6) is -0.0991. The number of alkyl halides is 1. The molecule has 8 heteroatoms. The lowest BCUT2D eigenvalue weighted by atomic mass is 10.1. The van der Waals surface area contributed by atoms with Crippen molar-refractivity contribution in [3.63, 3.8) is 0 Å². The molecule has 0 saturated carbocycles. The van der Waals surface area contributed by atoms with Crippen molar-refractivity contribution < 1.29 is 13.2 Å². The van der Waals surface area contributed by atoms with Crippen LogP contribution in [0.2, 0.25) is 5.02 Å². The summed E-state index contributed by atoms with van der Waals surface area (Å²) in [4.78, 5) is 15.2. The van der Waals surface area contributed by atoms with E-state index < -0.39 is 10.0 Å². The summed E-state index contributed by atoms with van der Waals surface area (Å²) in [6.07, 6.45) is 1.14. The van der Waals surface area contributed by atoms with Gasteiger partial charge in [-0.1, -0.05) is 88.2 Å². The monoisotopic (exact) mass is 548 g/mol. The number of Topliss-reactive ketones (excluding diaryl/α,β-unsaturated/α-hetero) is 1. The van der Waals surface area contributed by atoms with E-state index in [2.05, 4.69) is 20.8 Å². The van der Waals surface area contributed by atoms with Crippen LogP contribution in [0.25, 0.3) is 0 Å². The highest BCUT2D eigenvalue weighted by Gasteiger charge is 2.22. The number of benzene rings is 3. The minimum atomic E-state index is -3.63. The van der Waals surface area contributed by atoms with Gasteiger partial charge < -0.3 is 0 Å². The standard InChI is InChI=1S/C25H26BrClN2O3S/c1-33(31,32)29(18-21-10-6-3-7-11-21)24-16-22(12-13-23(24)27)25(30)19-28(15-14-26)17-20-8-4-2-5-9-20/h2-13,16H,14-15,17-19H2,1H3. The van der Waals surface area contributed by atoms with Crippen LogP contribution in [0.1, 0.15) is 21.5 Å². The Morgan fingerprint density at radius 3 is 2.03 bits per heavy atom. The molecule has 0 atom stereocenters. The summed E-state index contributed by atoms with van der Waals surface area (Å²) in [6.45, 7) is 1.67. The number of carbonyl (C=O) groups excluding carboxylic acids is 1. The van der Waals surface area contributed by atoms with E-state index in [0.29, 0.717) is 24.3 Å². The molecule has 0 N–H and O–H groups in total. The zero-order valence-electron chi connectivity index (χ0n) is 18.3. The normalized spacial score (nSPS) is 11.5. The third-order valence-electron chi connectivity index (χ3n) is 5.12. The fraction of sp³-hybridized carbons (Fsp3) is 0.240. The maximum Gasteiger partial charge on any atom is 0.232 e. The minimum absolute atomic E-state index is 0.0991. The lowest BCUT2D eigenvalue weighted by molar-refractivity contribution is 0.0930. The SMILES string of the molecule is CS(=O)(=O)N(Cc1ccccc1)c1cc(C(=O)CN(CCBr)Cc2ccccc2)ccc1Cl. The van der Waals surface area contributed by atoms with Gasteiger partial charge in [0.2, 0.25) is 10.0 Å². The Hall–Kier alpha value is -2.19. The van der Waals surface area contributed by atoms with Crippen LogP contribution in [0, 0.1) is 0 Å². The maximum absolute atomic E-state index is 13.1. The first-order valence-electron chi connectivity index (χ1n) is 10.4. The number of hydrogen-bond donors (Lipinski definition) is 0. The van der Waals surface area contributed by atoms with Gasteiger partial charge in [0.1, 0.15) is 0 Å². The molecule has 0 saturated heterocycles. The maximum atomic E-state index is 13.1. The number of halogens is 2. The summed E-state index contributed by atoms with van der Waals surface area (Å²) in [5.41, 5.74) is 2.66. The number of sulfonamides is 1. The molecule has 33 heavy (non-hydrogen) atoms. The molecular formula is C25H26BrClN2O3S. The largest absolute Gasteiger partial charge is 0.293 e. The van der Waals surface area contributed by atoms with Gasteiger partial charge in [-0.15, -0.1) is 0 Å². The van der Waals surface area contributed by atoms with Crippen LogP contribution in [0.4, 0.5) is 5.69 Å². The number of rotatable bonds is 11. The Bertz CT molecular complexity index is 1170. The van der Waals surface area contributed by atoms with Gasteiger partial charge in [0.15, 0.2) is 5.78 Å². The molecule has 0 radical (unpaired) electrons. The Balaban J connectivity index is 1.85. The molecule has 0 amide bonds. The van der Waals surface area contributed by atoms with Crippen LogP contribution >= 0.6 is 27.5 Å². The molecule has 0 heterocycles. The second-order valence-electron chi connectivity index (χ2n) is 7.73. The molecule has 0 aliphatic carbocycles. The molecule has 0 bridgehead atoms. The molecule has 174 valence electrons. The second kappa shape index (κ2) is 11.8. The molecule has 0 aromatic heterocycles. The topological polar surface area (TPSA) is 57.7 Å². The van der Waals surface area contributed by atoms with Gasteiger partial charge in [-0.25, -0.2) is 8.42 Å². The van der Waals surface area contributed by atoms with Crippen molar-refractivity contribution in [2.24, 2.45) is 0 Å². The van der Waals surface area contributed by atoms with E-state index in [4.69, 9.17) is 11.6 Å². The first-order valence-corrected chi connectivity index (χ1v) is 13.8. The highest BCUT2D eigenvalue weighted by Crippen LogP contribution is 2.30. The third-order valence-corrected chi connectivity index (χ3v) is 6.92. The van der Waals surface area contributed by atoms with Crippen molar-refractivity contribution in [3.05, 3.63) is 101 Å². The predicted molar refractivity (Wildman–Crippen MR) is 139 cm³/mol. The van der Waals surface area contributed by atoms with Gasteiger partial charge in [-0.2, -0.15) is 0 Å². The van der Waals surface area contributed by atoms with E-state index in [1.54, 1.807) is 18.2 Å². The minimum Gasteiger partial charge on any atom is -0.293 e. The number of ketones is 1. The zero-order chi connectivity index (χ0) is 23.8. The fourth-order valence-corrected chi connectivity index (χ4v) is 5.14. The molecule has 3 aromatic carbocycles. The van der Waals surface area contributed by atoms with Gasteiger partial charge >= 0.3 is 0 Å². The lowest BCUT2D eigenvalue weighted by Crippen LogP contribution is -2.32. The van der Waals surface area contributed by atoms with Gasteiger partial charge in [0.25, 0.3) is 0 Å². The van der Waals surface area contributed by atoms with Crippen LogP contribution < -0.4 is 4.31 Å². The number of carbonyl (C=O) groups is 1. The highest BCUT2D eigenvalue weighted by molar-refractivity contribution is 9.09. The van der Waals surface area contributed by atoms with E-state index in [-0.39, 0.29) is 23.9 Å². The smallest absolute Gasteiger partial charge is 0.232 e. The van der Waals surface area contributed by atoms with Crippen molar-refractivity contribution in [3.8, 4) is 0 Å². The first-order chi connectivity index (χ1) is 15.8. The van der Waals surface area contributed by atoms with E-state index >= 15 is 0 Å². The van der Waals surface area contributed by atoms with E-state index in [0.717, 1.165) is 22.7 Å². The first kappa shape index (κ1) is 25.4. The van der Waals surface area contributed by atoms with E-state index in [1.165, 1.54) is 4.31 Å². The van der Waals surface area contributed by atoms with Gasteiger partial charge in [0.05, 0.1) is 30.1 Å². The van der Waals surface area contributed by atoms with Crippen molar-refractivity contribution in [1.29, 1.82) is 0 Å². The Morgan fingerprint density at radius 1 is 0.909 bits per heavy atom. The number of anilines is 1. The predicted octanol–water partition coefficient (Wildman–Crippen LogP) is 5.39. The average molecular weight is 550 g/mol. The molecule has 0 spiro atoms. The number of nitrogens with zero attached hydrogens (tertiary/aromatic N) is 2. The zero-order valence-corrected chi connectivity index (χ0v) is 21.5. The van der Waals surface area contributed by atoms with Crippen molar-refractivity contribution >= 4 is 49.0 Å². The molecule has 3 rings (SSSR count). The Kier molecular flexibility index (Phi) is 9.09. The van der Waals surface area contributed by atoms with Crippen LogP contribution in [0.5, 0.6) is 0 Å². The Morgan fingerprint density at radius 2 is 1.48 bits per heavy atom. The molecule has 3 aromatic rings. The van der Waals surface area contributed by atoms with E-state index in [9.17, 15) is 13.2 Å². The van der Waals surface area contributed by atoms with Crippen LogP contribution in [-0.4, -0.2) is 43.8 Å². The van der Waals surface area contributed by atoms with Gasteiger partial charge in [-0.3, -0.25) is 14.0 Å². The van der Waals surface area contributed by atoms with Crippen LogP contribution in [0.3, 0.4) is 0 Å². The molecule has 0 unspecified atom stereocenters. The van der Waals surface area contributed by atoms with Gasteiger partial charge in [-0.05, 0) is 29.3 Å². The molecule has 5 nitrogen and oxygen atoms in total. The summed E-state index contributed by atoms with van der Waals surface area (Å²) in [7, 11) is -3.63. The summed E-state index contributed by atoms with van der Waals surface area (Å²) < 4.78 is 26.4. The van der Waals surface area contributed by atoms with Crippen molar-refractivity contribution in [1.82, 2.24) is 4.90 Å². The molecule has 0 fully saturated rings. The molecule has 0 aliphatic rings. The number of hydrogen-bond acceptors (Lipinski definition) is 4. The average Bonchev–Trinajstić information content (AvgIpc) is 2.79. The second-order valence-corrected chi connectivity index (χ2v) is 10.8. The van der Waals surface area contributed by atoms with Crippen molar-refractivity contribution in [2.75, 3.05) is 29.0 Å². The van der Waals surface area contributed by atoms with Crippen molar-refractivity contribution in [2.45, 2.75) is 13.1 Å². The molecule has 0 aliphatic heterocycles. The van der Waals surface area contributed by atoms with Crippen LogP contribution in [0.15, 0.2) is 78.9 Å². The summed E-state index contributed by atoms with van der Waals surface area (Å²) in [6, 6.07) is 24.0. The summed E-state index contributed by atoms with van der Waals surface area (Å²) in [5, 5.41) is 1.01. The highest BCUT2D eigenvalue weighted by atomic mass is 79.9. The van der Waals surface area contributed by atoms with Crippen LogP contribution in [-0.2, 0) is 23.1 Å². The summed E-state index contributed by atoms with van der Waals surface area (Å²) >= 11 is 9.86.